The van der Waals surface area contributed by atoms with E-state index in [1.807, 2.05) is 30.3 Å². The topological polar surface area (TPSA) is 67.4 Å². The Morgan fingerprint density at radius 3 is 2.75 bits per heavy atom. The van der Waals surface area contributed by atoms with E-state index in [0.29, 0.717) is 6.42 Å². The quantitative estimate of drug-likeness (QED) is 0.565. The highest BCUT2D eigenvalue weighted by Crippen LogP contribution is 2.10. The second-order valence-corrected chi connectivity index (χ2v) is 4.94. The van der Waals surface area contributed by atoms with E-state index in [0.717, 1.165) is 24.9 Å². The van der Waals surface area contributed by atoms with Crippen molar-refractivity contribution in [2.75, 3.05) is 13.7 Å². The van der Waals surface area contributed by atoms with Crippen LogP contribution in [0.5, 0.6) is 0 Å². The normalized spacial score (nSPS) is 19.8. The van der Waals surface area contributed by atoms with Gasteiger partial charge in [0.15, 0.2) is 0 Å². The number of rotatable bonds is 7. The van der Waals surface area contributed by atoms with Gasteiger partial charge in [-0.05, 0) is 31.4 Å². The highest BCUT2D eigenvalue weighted by Gasteiger charge is 2.32. The Bertz CT molecular complexity index is 455. The van der Waals surface area contributed by atoms with Gasteiger partial charge in [-0.1, -0.05) is 30.3 Å². The molecule has 0 amide bonds. The summed E-state index contributed by atoms with van der Waals surface area (Å²) in [7, 11) is 1.45. The number of carbonyl (C=O) groups excluding carboxylic acids is 2. The van der Waals surface area contributed by atoms with Gasteiger partial charge < -0.3 is 10.2 Å². The molecule has 1 unspecified atom stereocenters. The fourth-order valence-corrected chi connectivity index (χ4v) is 2.43. The first-order valence-electron chi connectivity index (χ1n) is 6.86. The van der Waals surface area contributed by atoms with Gasteiger partial charge in [-0.2, -0.15) is 5.48 Å². The number of hydrogen-bond donors (Lipinski definition) is 2. The molecule has 0 saturated carbocycles. The summed E-state index contributed by atoms with van der Waals surface area (Å²) in [4.78, 5) is 29.3. The van der Waals surface area contributed by atoms with Gasteiger partial charge in [-0.15, -0.1) is 0 Å². The number of ketones is 2. The summed E-state index contributed by atoms with van der Waals surface area (Å²) in [5.41, 5.74) is 3.63. The molecule has 2 atom stereocenters. The minimum absolute atomic E-state index is 0.334. The lowest BCUT2D eigenvalue weighted by molar-refractivity contribution is -0.140. The van der Waals surface area contributed by atoms with Crippen LogP contribution in [0.3, 0.4) is 0 Å². The van der Waals surface area contributed by atoms with Gasteiger partial charge in [-0.25, -0.2) is 0 Å². The van der Waals surface area contributed by atoms with E-state index in [1.165, 1.54) is 7.11 Å². The van der Waals surface area contributed by atoms with Crippen LogP contribution in [0, 0.1) is 0 Å². The van der Waals surface area contributed by atoms with Crippen molar-refractivity contribution in [3.63, 3.8) is 0 Å². The molecule has 1 saturated heterocycles. The van der Waals surface area contributed by atoms with Crippen molar-refractivity contribution < 1.29 is 14.4 Å². The Morgan fingerprint density at radius 1 is 1.40 bits per heavy atom. The third kappa shape index (κ3) is 3.72. The maximum absolute atomic E-state index is 12.3. The SMILES string of the molecule is CON[C@@H](Cc1ccccc1)C(=O)C(=O)C1CCCN1. The number of Topliss-reactive ketones (excluding diaryl/α,β-unsaturated/α-hetero) is 2. The Hall–Kier alpha value is -1.56. The highest BCUT2D eigenvalue weighted by atomic mass is 16.6. The molecule has 0 bridgehead atoms. The van der Waals surface area contributed by atoms with Gasteiger partial charge >= 0.3 is 0 Å². The molecule has 0 spiro atoms. The number of carbonyl (C=O) groups is 2. The average Bonchev–Trinajstić information content (AvgIpc) is 3.00. The zero-order valence-electron chi connectivity index (χ0n) is 11.6. The molecular formula is C15H20N2O3. The molecule has 1 aromatic rings. The smallest absolute Gasteiger partial charge is 0.219 e. The van der Waals surface area contributed by atoms with Gasteiger partial charge in [0.1, 0.15) is 6.04 Å². The van der Waals surface area contributed by atoms with Crippen molar-refractivity contribution in [3.05, 3.63) is 35.9 Å². The predicted octanol–water partition coefficient (Wildman–Crippen LogP) is 0.639. The van der Waals surface area contributed by atoms with E-state index in [1.54, 1.807) is 0 Å². The lowest BCUT2D eigenvalue weighted by Crippen LogP contribution is -2.47. The molecular weight excluding hydrogens is 256 g/mol. The molecule has 5 nitrogen and oxygen atoms in total. The van der Waals surface area contributed by atoms with Crippen LogP contribution in [0.15, 0.2) is 30.3 Å². The molecule has 1 aliphatic heterocycles. The van der Waals surface area contributed by atoms with Crippen molar-refractivity contribution in [2.45, 2.75) is 31.3 Å². The molecule has 0 radical (unpaired) electrons. The van der Waals surface area contributed by atoms with Crippen LogP contribution in [0.2, 0.25) is 0 Å². The van der Waals surface area contributed by atoms with Gasteiger partial charge in [0.25, 0.3) is 0 Å². The zero-order chi connectivity index (χ0) is 14.4. The Balaban J connectivity index is 2.03. The molecule has 20 heavy (non-hydrogen) atoms. The highest BCUT2D eigenvalue weighted by molar-refractivity contribution is 6.41. The molecule has 0 aliphatic carbocycles. The molecule has 1 aliphatic rings. The largest absolute Gasteiger partial charge is 0.307 e. The second-order valence-electron chi connectivity index (χ2n) is 4.94. The first-order chi connectivity index (χ1) is 9.72. The molecule has 5 heteroatoms. The Labute approximate surface area is 118 Å². The fraction of sp³-hybridized carbons (Fsp3) is 0.467. The molecule has 108 valence electrons. The molecule has 1 fully saturated rings. The standard InChI is InChI=1S/C15H20N2O3/c1-20-17-13(10-11-6-3-2-4-7-11)15(19)14(18)12-8-5-9-16-12/h2-4,6-7,12-13,16-17H,5,8-10H2,1H3/t12?,13-/m0/s1. The number of nitrogens with one attached hydrogen (secondary N) is 2. The van der Waals surface area contributed by atoms with Crippen molar-refractivity contribution in [3.8, 4) is 0 Å². The summed E-state index contributed by atoms with van der Waals surface area (Å²) in [6, 6.07) is 8.61. The lowest BCUT2D eigenvalue weighted by atomic mass is 9.97. The molecule has 1 heterocycles. The predicted molar refractivity (Wildman–Crippen MR) is 75.1 cm³/mol. The molecule has 2 N–H and O–H groups in total. The lowest BCUT2D eigenvalue weighted by Gasteiger charge is -2.17. The van der Waals surface area contributed by atoms with Gasteiger partial charge in [0.2, 0.25) is 11.6 Å². The number of hydroxylamine groups is 1. The fourth-order valence-electron chi connectivity index (χ4n) is 2.43. The van der Waals surface area contributed by atoms with E-state index in [4.69, 9.17) is 4.84 Å². The summed E-state index contributed by atoms with van der Waals surface area (Å²) in [5.74, 6) is -0.775. The van der Waals surface area contributed by atoms with Crippen molar-refractivity contribution in [1.82, 2.24) is 10.8 Å². The minimum atomic E-state index is -0.641. The van der Waals surface area contributed by atoms with E-state index < -0.39 is 11.8 Å². The zero-order valence-corrected chi connectivity index (χ0v) is 11.6. The molecule has 2 rings (SSSR count). The molecule has 0 aromatic heterocycles. The van der Waals surface area contributed by atoms with E-state index >= 15 is 0 Å². The maximum Gasteiger partial charge on any atom is 0.219 e. The first-order valence-corrected chi connectivity index (χ1v) is 6.86. The monoisotopic (exact) mass is 276 g/mol. The van der Waals surface area contributed by atoms with Crippen molar-refractivity contribution in [2.24, 2.45) is 0 Å². The van der Waals surface area contributed by atoms with Gasteiger partial charge in [0, 0.05) is 0 Å². The third-order valence-electron chi connectivity index (χ3n) is 3.48. The van der Waals surface area contributed by atoms with Crippen LogP contribution in [-0.2, 0) is 20.8 Å². The summed E-state index contributed by atoms with van der Waals surface area (Å²) in [6.07, 6.45) is 2.10. The van der Waals surface area contributed by atoms with Crippen LogP contribution in [-0.4, -0.2) is 37.3 Å². The van der Waals surface area contributed by atoms with E-state index in [-0.39, 0.29) is 11.8 Å². The average molecular weight is 276 g/mol. The maximum atomic E-state index is 12.3. The van der Waals surface area contributed by atoms with Gasteiger partial charge in [0.05, 0.1) is 13.2 Å². The van der Waals surface area contributed by atoms with Crippen molar-refractivity contribution in [1.29, 1.82) is 0 Å². The third-order valence-corrected chi connectivity index (χ3v) is 3.48. The summed E-state index contributed by atoms with van der Waals surface area (Å²) in [5, 5.41) is 3.06. The van der Waals surface area contributed by atoms with Crippen LogP contribution < -0.4 is 10.8 Å². The summed E-state index contributed by atoms with van der Waals surface area (Å²) < 4.78 is 0. The number of benzene rings is 1. The van der Waals surface area contributed by atoms with Crippen LogP contribution in [0.1, 0.15) is 18.4 Å². The minimum Gasteiger partial charge on any atom is -0.307 e. The van der Waals surface area contributed by atoms with Gasteiger partial charge in [-0.3, -0.25) is 9.59 Å². The summed E-state index contributed by atoms with van der Waals surface area (Å²) in [6.45, 7) is 0.796. The van der Waals surface area contributed by atoms with Crippen LogP contribution >= 0.6 is 0 Å². The Morgan fingerprint density at radius 2 is 2.15 bits per heavy atom. The Kier molecular flexibility index (Phi) is 5.40. The van der Waals surface area contributed by atoms with Crippen molar-refractivity contribution >= 4 is 11.6 Å². The van der Waals surface area contributed by atoms with E-state index in [2.05, 4.69) is 10.8 Å². The van der Waals surface area contributed by atoms with E-state index in [9.17, 15) is 9.59 Å². The van der Waals surface area contributed by atoms with Crippen LogP contribution in [0.25, 0.3) is 0 Å². The molecule has 1 aromatic carbocycles. The summed E-state index contributed by atoms with van der Waals surface area (Å²) >= 11 is 0. The second kappa shape index (κ2) is 7.28. The number of hydrogen-bond acceptors (Lipinski definition) is 5. The van der Waals surface area contributed by atoms with Crippen LogP contribution in [0.4, 0.5) is 0 Å². The first kappa shape index (κ1) is 14.8.